The molecule has 0 saturated carbocycles. The molecule has 2 aliphatic rings. The van der Waals surface area contributed by atoms with Crippen LogP contribution < -0.4 is 5.32 Å². The summed E-state index contributed by atoms with van der Waals surface area (Å²) >= 11 is 0. The minimum Gasteiger partial charge on any atom is -0.379 e. The van der Waals surface area contributed by atoms with Gasteiger partial charge in [-0.1, -0.05) is 12.1 Å². The third-order valence-corrected chi connectivity index (χ3v) is 7.54. The van der Waals surface area contributed by atoms with Crippen LogP contribution in [0.4, 0.5) is 5.69 Å². The SMILES string of the molecule is O=C(CC1C=CS(=O)(=O)C1)Nc1cccc(S(=O)(=O)N2CCOCC2)c1. The lowest BCUT2D eigenvalue weighted by atomic mass is 10.1. The summed E-state index contributed by atoms with van der Waals surface area (Å²) in [5.41, 5.74) is 0.356. The molecule has 1 aromatic rings. The minimum atomic E-state index is -3.65. The van der Waals surface area contributed by atoms with Crippen molar-refractivity contribution in [3.05, 3.63) is 35.7 Å². The molecule has 1 amide bonds. The van der Waals surface area contributed by atoms with Crippen LogP contribution in [0.25, 0.3) is 0 Å². The standard InChI is InChI=1S/C16H20N2O6S2/c19-16(10-13-4-9-25(20,21)12-13)17-14-2-1-3-15(11-14)26(22,23)18-5-7-24-8-6-18/h1-4,9,11,13H,5-8,10,12H2,(H,17,19). The third kappa shape index (κ3) is 4.50. The average molecular weight is 400 g/mol. The van der Waals surface area contributed by atoms with Gasteiger partial charge < -0.3 is 10.1 Å². The van der Waals surface area contributed by atoms with E-state index in [1.807, 2.05) is 0 Å². The van der Waals surface area contributed by atoms with Gasteiger partial charge >= 0.3 is 0 Å². The summed E-state index contributed by atoms with van der Waals surface area (Å²) < 4.78 is 54.6. The lowest BCUT2D eigenvalue weighted by Gasteiger charge is -2.26. The molecule has 0 spiro atoms. The maximum absolute atomic E-state index is 12.7. The number of hydrogen-bond acceptors (Lipinski definition) is 6. The predicted octanol–water partition coefficient (Wildman–Crippen LogP) is 0.594. The van der Waals surface area contributed by atoms with Crippen molar-refractivity contribution < 1.29 is 26.4 Å². The van der Waals surface area contributed by atoms with Crippen LogP contribution in [0.2, 0.25) is 0 Å². The van der Waals surface area contributed by atoms with Crippen molar-refractivity contribution in [2.75, 3.05) is 37.4 Å². The molecule has 1 N–H and O–H groups in total. The number of ether oxygens (including phenoxy) is 1. The molecule has 26 heavy (non-hydrogen) atoms. The van der Waals surface area contributed by atoms with Crippen LogP contribution in [-0.4, -0.2) is 59.1 Å². The second kappa shape index (κ2) is 7.47. The van der Waals surface area contributed by atoms with Crippen LogP contribution >= 0.6 is 0 Å². The van der Waals surface area contributed by atoms with Gasteiger partial charge in [-0.15, -0.1) is 0 Å². The molecule has 2 heterocycles. The number of sulfone groups is 1. The van der Waals surface area contributed by atoms with Crippen molar-refractivity contribution in [2.24, 2.45) is 5.92 Å². The van der Waals surface area contributed by atoms with Crippen molar-refractivity contribution in [3.63, 3.8) is 0 Å². The summed E-state index contributed by atoms with van der Waals surface area (Å²) in [6.45, 7) is 1.30. The van der Waals surface area contributed by atoms with Gasteiger partial charge in [0.2, 0.25) is 15.9 Å². The first-order chi connectivity index (χ1) is 12.3. The number of anilines is 1. The number of carbonyl (C=O) groups excluding carboxylic acids is 1. The molecule has 0 aliphatic carbocycles. The second-order valence-electron chi connectivity index (χ2n) is 6.21. The Morgan fingerprint density at radius 2 is 2.00 bits per heavy atom. The molecule has 142 valence electrons. The van der Waals surface area contributed by atoms with Crippen LogP contribution in [0.5, 0.6) is 0 Å². The van der Waals surface area contributed by atoms with Crippen LogP contribution in [0.3, 0.4) is 0 Å². The lowest BCUT2D eigenvalue weighted by molar-refractivity contribution is -0.116. The number of benzene rings is 1. The molecule has 8 nitrogen and oxygen atoms in total. The quantitative estimate of drug-likeness (QED) is 0.775. The first-order valence-electron chi connectivity index (χ1n) is 8.15. The Morgan fingerprint density at radius 1 is 1.27 bits per heavy atom. The Balaban J connectivity index is 1.67. The largest absolute Gasteiger partial charge is 0.379 e. The first-order valence-corrected chi connectivity index (χ1v) is 11.3. The number of carbonyl (C=O) groups is 1. The smallest absolute Gasteiger partial charge is 0.243 e. The van der Waals surface area contributed by atoms with Crippen molar-refractivity contribution in [1.29, 1.82) is 0 Å². The Morgan fingerprint density at radius 3 is 2.65 bits per heavy atom. The fourth-order valence-electron chi connectivity index (χ4n) is 2.89. The summed E-state index contributed by atoms with van der Waals surface area (Å²) in [5, 5.41) is 3.76. The van der Waals surface area contributed by atoms with Crippen LogP contribution in [0.1, 0.15) is 6.42 Å². The van der Waals surface area contributed by atoms with Crippen molar-refractivity contribution in [1.82, 2.24) is 4.31 Å². The van der Waals surface area contributed by atoms with Gasteiger partial charge in [-0.2, -0.15) is 4.31 Å². The molecule has 0 bridgehead atoms. The van der Waals surface area contributed by atoms with E-state index in [1.165, 1.54) is 22.5 Å². The van der Waals surface area contributed by atoms with E-state index in [0.717, 1.165) is 5.41 Å². The summed E-state index contributed by atoms with van der Waals surface area (Å²) in [4.78, 5) is 12.2. The van der Waals surface area contributed by atoms with Gasteiger partial charge in [0.25, 0.3) is 0 Å². The van der Waals surface area contributed by atoms with E-state index < -0.39 is 19.9 Å². The van der Waals surface area contributed by atoms with Crippen molar-refractivity contribution >= 4 is 31.5 Å². The molecular weight excluding hydrogens is 380 g/mol. The van der Waals surface area contributed by atoms with Gasteiger partial charge in [-0.05, 0) is 18.2 Å². The highest BCUT2D eigenvalue weighted by Crippen LogP contribution is 2.22. The molecule has 3 rings (SSSR count). The molecule has 1 fully saturated rings. The second-order valence-corrected chi connectivity index (χ2v) is 10.1. The predicted molar refractivity (Wildman–Crippen MR) is 95.7 cm³/mol. The number of hydrogen-bond donors (Lipinski definition) is 1. The van der Waals surface area contributed by atoms with E-state index in [4.69, 9.17) is 4.74 Å². The Bertz CT molecular complexity index is 918. The highest BCUT2D eigenvalue weighted by Gasteiger charge is 2.27. The zero-order chi connectivity index (χ0) is 18.8. The van der Waals surface area contributed by atoms with Gasteiger partial charge in [0, 0.05) is 36.5 Å². The van der Waals surface area contributed by atoms with E-state index >= 15 is 0 Å². The van der Waals surface area contributed by atoms with Gasteiger partial charge in [0.15, 0.2) is 9.84 Å². The molecule has 1 atom stereocenters. The zero-order valence-corrected chi connectivity index (χ0v) is 15.6. The molecule has 2 aliphatic heterocycles. The Hall–Kier alpha value is -1.75. The van der Waals surface area contributed by atoms with E-state index in [2.05, 4.69) is 5.32 Å². The molecule has 1 aromatic carbocycles. The van der Waals surface area contributed by atoms with Crippen molar-refractivity contribution in [3.8, 4) is 0 Å². The van der Waals surface area contributed by atoms with Gasteiger partial charge in [0.1, 0.15) is 0 Å². The van der Waals surface area contributed by atoms with E-state index in [-0.39, 0.29) is 28.9 Å². The molecule has 1 saturated heterocycles. The third-order valence-electron chi connectivity index (χ3n) is 4.18. The van der Waals surface area contributed by atoms with E-state index in [1.54, 1.807) is 12.1 Å². The Kier molecular flexibility index (Phi) is 5.47. The molecule has 0 radical (unpaired) electrons. The number of nitrogens with zero attached hydrogens (tertiary/aromatic N) is 1. The van der Waals surface area contributed by atoms with E-state index in [0.29, 0.717) is 32.0 Å². The molecular formula is C16H20N2O6S2. The number of nitrogens with one attached hydrogen (secondary N) is 1. The fraction of sp³-hybridized carbons (Fsp3) is 0.438. The lowest BCUT2D eigenvalue weighted by Crippen LogP contribution is -2.40. The maximum atomic E-state index is 12.7. The summed E-state index contributed by atoms with van der Waals surface area (Å²) in [6, 6.07) is 6.04. The maximum Gasteiger partial charge on any atom is 0.243 e. The van der Waals surface area contributed by atoms with Crippen LogP contribution in [0, 0.1) is 5.92 Å². The highest BCUT2D eigenvalue weighted by atomic mass is 32.2. The molecule has 0 aromatic heterocycles. The van der Waals surface area contributed by atoms with Gasteiger partial charge in [0.05, 0.1) is 23.9 Å². The first kappa shape index (κ1) is 19.0. The number of morpholine rings is 1. The van der Waals surface area contributed by atoms with Crippen LogP contribution in [0.15, 0.2) is 40.6 Å². The number of sulfonamides is 1. The Labute approximate surface area is 152 Å². The topological polar surface area (TPSA) is 110 Å². The van der Waals surface area contributed by atoms with E-state index in [9.17, 15) is 21.6 Å². The van der Waals surface area contributed by atoms with Gasteiger partial charge in [-0.3, -0.25) is 4.79 Å². The average Bonchev–Trinajstić information content (AvgIpc) is 2.94. The summed E-state index contributed by atoms with van der Waals surface area (Å²) in [6.07, 6.45) is 1.53. The number of rotatable bonds is 5. The fourth-order valence-corrected chi connectivity index (χ4v) is 5.74. The van der Waals surface area contributed by atoms with Crippen LogP contribution in [-0.2, 0) is 29.4 Å². The number of amides is 1. The number of allylic oxidation sites excluding steroid dienone is 1. The zero-order valence-electron chi connectivity index (χ0n) is 14.0. The summed E-state index contributed by atoms with van der Waals surface area (Å²) in [7, 11) is -6.85. The normalized spacial score (nSPS) is 23.0. The molecule has 1 unspecified atom stereocenters. The minimum absolute atomic E-state index is 0.0240. The van der Waals surface area contributed by atoms with Gasteiger partial charge in [-0.25, -0.2) is 16.8 Å². The van der Waals surface area contributed by atoms with Crippen molar-refractivity contribution in [2.45, 2.75) is 11.3 Å². The monoisotopic (exact) mass is 400 g/mol. The summed E-state index contributed by atoms with van der Waals surface area (Å²) in [5.74, 6) is -0.802. The molecule has 10 heteroatoms. The highest BCUT2D eigenvalue weighted by molar-refractivity contribution is 7.94.